The summed E-state index contributed by atoms with van der Waals surface area (Å²) in [6.45, 7) is 0.315. The smallest absolute Gasteiger partial charge is 0.253 e. The molecule has 0 atom stereocenters. The third kappa shape index (κ3) is 4.95. The van der Waals surface area contributed by atoms with Gasteiger partial charge < -0.3 is 15.1 Å². The molecule has 0 saturated heterocycles. The highest BCUT2D eigenvalue weighted by atomic mass is 16.3. The number of anilines is 1. The summed E-state index contributed by atoms with van der Waals surface area (Å²) in [4.78, 5) is 24.6. The molecule has 1 aliphatic carbocycles. The van der Waals surface area contributed by atoms with Gasteiger partial charge in [0, 0.05) is 6.42 Å². The zero-order valence-electron chi connectivity index (χ0n) is 14.3. The van der Waals surface area contributed by atoms with E-state index >= 15 is 0 Å². The van der Waals surface area contributed by atoms with Crippen LogP contribution in [0.25, 0.3) is 0 Å². The summed E-state index contributed by atoms with van der Waals surface area (Å²) in [6.07, 6.45) is 8.04. The fraction of sp³-hybridized carbons (Fsp3) is 0.400. The van der Waals surface area contributed by atoms with Gasteiger partial charge in [0.25, 0.3) is 5.91 Å². The van der Waals surface area contributed by atoms with E-state index in [4.69, 9.17) is 4.42 Å². The Labute approximate surface area is 147 Å². The van der Waals surface area contributed by atoms with E-state index in [0.717, 1.165) is 6.42 Å². The highest BCUT2D eigenvalue weighted by molar-refractivity contribution is 6.03. The topological polar surface area (TPSA) is 71.3 Å². The van der Waals surface area contributed by atoms with Crippen molar-refractivity contribution in [2.24, 2.45) is 5.92 Å². The maximum absolute atomic E-state index is 12.4. The number of benzene rings is 1. The number of furan rings is 1. The predicted octanol–water partition coefficient (Wildman–Crippen LogP) is 4.12. The van der Waals surface area contributed by atoms with Crippen molar-refractivity contribution in [2.45, 2.75) is 45.1 Å². The number of amides is 2. The Morgan fingerprint density at radius 1 is 1.08 bits per heavy atom. The van der Waals surface area contributed by atoms with Crippen LogP contribution in [0, 0.1) is 5.92 Å². The van der Waals surface area contributed by atoms with Crippen LogP contribution in [-0.4, -0.2) is 11.8 Å². The van der Waals surface area contributed by atoms with Gasteiger partial charge in [-0.3, -0.25) is 9.59 Å². The van der Waals surface area contributed by atoms with Crippen LogP contribution >= 0.6 is 0 Å². The van der Waals surface area contributed by atoms with Gasteiger partial charge in [0.05, 0.1) is 24.1 Å². The Kier molecular flexibility index (Phi) is 5.88. The Hall–Kier alpha value is -2.56. The van der Waals surface area contributed by atoms with Crippen LogP contribution < -0.4 is 10.6 Å². The third-order valence-corrected chi connectivity index (χ3v) is 4.70. The van der Waals surface area contributed by atoms with E-state index in [-0.39, 0.29) is 11.8 Å². The summed E-state index contributed by atoms with van der Waals surface area (Å²) in [5.41, 5.74) is 1.01. The Bertz CT molecular complexity index is 703. The molecule has 0 aliphatic heterocycles. The molecule has 0 spiro atoms. The van der Waals surface area contributed by atoms with E-state index in [9.17, 15) is 9.59 Å². The number of carbonyl (C=O) groups is 2. The van der Waals surface area contributed by atoms with Gasteiger partial charge in [-0.15, -0.1) is 0 Å². The monoisotopic (exact) mass is 340 g/mol. The molecule has 2 N–H and O–H groups in total. The van der Waals surface area contributed by atoms with Crippen LogP contribution in [0.3, 0.4) is 0 Å². The molecule has 0 radical (unpaired) electrons. The molecule has 2 amide bonds. The number of carbonyl (C=O) groups excluding carboxylic acids is 2. The van der Waals surface area contributed by atoms with E-state index in [1.165, 1.54) is 25.7 Å². The maximum Gasteiger partial charge on any atom is 0.253 e. The molecule has 1 saturated carbocycles. The molecule has 5 heteroatoms. The average Bonchev–Trinajstić information content (AvgIpc) is 3.32. The predicted molar refractivity (Wildman–Crippen MR) is 96.1 cm³/mol. The summed E-state index contributed by atoms with van der Waals surface area (Å²) in [5, 5.41) is 5.69. The second-order valence-electron chi connectivity index (χ2n) is 6.54. The van der Waals surface area contributed by atoms with Crippen LogP contribution in [0.5, 0.6) is 0 Å². The molecule has 3 rings (SSSR count). The minimum Gasteiger partial charge on any atom is -0.467 e. The largest absolute Gasteiger partial charge is 0.467 e. The zero-order valence-corrected chi connectivity index (χ0v) is 14.3. The molecule has 1 heterocycles. The lowest BCUT2D eigenvalue weighted by Gasteiger charge is -2.12. The Balaban J connectivity index is 1.55. The Morgan fingerprint density at radius 2 is 1.88 bits per heavy atom. The molecule has 2 aromatic rings. The average molecular weight is 340 g/mol. The van der Waals surface area contributed by atoms with Crippen LogP contribution in [0.2, 0.25) is 0 Å². The minimum atomic E-state index is -0.233. The first-order chi connectivity index (χ1) is 12.2. The standard InChI is InChI=1S/C20H24N2O3/c23-19(12-11-15-6-1-2-7-15)22-18-10-4-3-9-17(18)20(24)21-14-16-8-5-13-25-16/h3-5,8-10,13,15H,1-2,6-7,11-12,14H2,(H,21,24)(H,22,23). The number of hydrogen-bond donors (Lipinski definition) is 2. The molecule has 0 bridgehead atoms. The molecule has 0 unspecified atom stereocenters. The van der Waals surface area contributed by atoms with Crippen molar-refractivity contribution < 1.29 is 14.0 Å². The van der Waals surface area contributed by atoms with Crippen LogP contribution in [-0.2, 0) is 11.3 Å². The van der Waals surface area contributed by atoms with Crippen LogP contribution in [0.4, 0.5) is 5.69 Å². The van der Waals surface area contributed by atoms with E-state index in [1.54, 1.807) is 36.6 Å². The van der Waals surface area contributed by atoms with Crippen LogP contribution in [0.15, 0.2) is 47.1 Å². The highest BCUT2D eigenvalue weighted by Crippen LogP contribution is 2.28. The summed E-state index contributed by atoms with van der Waals surface area (Å²) in [7, 11) is 0. The van der Waals surface area contributed by atoms with Crippen molar-refractivity contribution in [1.29, 1.82) is 0 Å². The fourth-order valence-electron chi connectivity index (χ4n) is 3.31. The molecule has 5 nitrogen and oxygen atoms in total. The molecular formula is C20H24N2O3. The van der Waals surface area contributed by atoms with E-state index in [0.29, 0.717) is 35.9 Å². The first kappa shape index (κ1) is 17.3. The lowest BCUT2D eigenvalue weighted by molar-refractivity contribution is -0.116. The molecular weight excluding hydrogens is 316 g/mol. The van der Waals surface area contributed by atoms with Crippen molar-refractivity contribution in [1.82, 2.24) is 5.32 Å². The first-order valence-electron chi connectivity index (χ1n) is 8.92. The normalized spacial score (nSPS) is 14.4. The zero-order chi connectivity index (χ0) is 17.5. The SMILES string of the molecule is O=C(CCC1CCCC1)Nc1ccccc1C(=O)NCc1ccco1. The van der Waals surface area contributed by atoms with E-state index in [2.05, 4.69) is 10.6 Å². The van der Waals surface area contributed by atoms with E-state index < -0.39 is 0 Å². The molecule has 1 fully saturated rings. The lowest BCUT2D eigenvalue weighted by atomic mass is 10.0. The summed E-state index contributed by atoms with van der Waals surface area (Å²) < 4.78 is 5.21. The van der Waals surface area contributed by atoms with Gasteiger partial charge >= 0.3 is 0 Å². The van der Waals surface area contributed by atoms with Gasteiger partial charge in [-0.1, -0.05) is 37.8 Å². The molecule has 1 aliphatic rings. The first-order valence-corrected chi connectivity index (χ1v) is 8.92. The Morgan fingerprint density at radius 3 is 2.64 bits per heavy atom. The summed E-state index contributed by atoms with van der Waals surface area (Å²) in [6, 6.07) is 10.7. The van der Waals surface area contributed by atoms with Crippen molar-refractivity contribution >= 4 is 17.5 Å². The van der Waals surface area contributed by atoms with E-state index in [1.807, 2.05) is 6.07 Å². The van der Waals surface area contributed by atoms with Gasteiger partial charge in [-0.25, -0.2) is 0 Å². The molecule has 1 aromatic carbocycles. The molecule has 132 valence electrons. The van der Waals surface area contributed by atoms with Crippen molar-refractivity contribution in [2.75, 3.05) is 5.32 Å². The highest BCUT2D eigenvalue weighted by Gasteiger charge is 2.17. The number of hydrogen-bond acceptors (Lipinski definition) is 3. The minimum absolute atomic E-state index is 0.0295. The third-order valence-electron chi connectivity index (χ3n) is 4.70. The molecule has 25 heavy (non-hydrogen) atoms. The lowest BCUT2D eigenvalue weighted by Crippen LogP contribution is -2.24. The van der Waals surface area contributed by atoms with Gasteiger partial charge in [0.1, 0.15) is 5.76 Å². The number of rotatable bonds is 7. The van der Waals surface area contributed by atoms with Crippen LogP contribution in [0.1, 0.15) is 54.6 Å². The summed E-state index contributed by atoms with van der Waals surface area (Å²) >= 11 is 0. The van der Waals surface area contributed by atoms with Gasteiger partial charge in [-0.05, 0) is 36.6 Å². The van der Waals surface area contributed by atoms with Gasteiger partial charge in [0.15, 0.2) is 0 Å². The van der Waals surface area contributed by atoms with Crippen molar-refractivity contribution in [3.05, 3.63) is 54.0 Å². The fourth-order valence-corrected chi connectivity index (χ4v) is 3.31. The van der Waals surface area contributed by atoms with Gasteiger partial charge in [0.2, 0.25) is 5.91 Å². The second kappa shape index (κ2) is 8.51. The number of para-hydroxylation sites is 1. The summed E-state index contributed by atoms with van der Waals surface area (Å²) in [5.74, 6) is 1.10. The second-order valence-corrected chi connectivity index (χ2v) is 6.54. The quantitative estimate of drug-likeness (QED) is 0.796. The number of nitrogens with one attached hydrogen (secondary N) is 2. The molecule has 1 aromatic heterocycles. The van der Waals surface area contributed by atoms with Gasteiger partial charge in [-0.2, -0.15) is 0 Å². The van der Waals surface area contributed by atoms with Crippen molar-refractivity contribution in [3.8, 4) is 0 Å². The maximum atomic E-state index is 12.4. The van der Waals surface area contributed by atoms with Crippen molar-refractivity contribution in [3.63, 3.8) is 0 Å².